The Kier molecular flexibility index (Phi) is 11.4. The first-order valence-corrected chi connectivity index (χ1v) is 15.8. The predicted molar refractivity (Wildman–Crippen MR) is 163 cm³/mol. The predicted octanol–water partition coefficient (Wildman–Crippen LogP) is 6.45. The number of amides is 2. The van der Waals surface area contributed by atoms with Crippen molar-refractivity contribution in [2.45, 2.75) is 83.3 Å². The van der Waals surface area contributed by atoms with E-state index < -0.39 is 45.7 Å². The van der Waals surface area contributed by atoms with Crippen molar-refractivity contribution in [3.8, 4) is 0 Å². The Hall–Kier alpha value is -2.54. The van der Waals surface area contributed by atoms with Crippen LogP contribution in [0.3, 0.4) is 0 Å². The van der Waals surface area contributed by atoms with Crippen molar-refractivity contribution in [2.24, 2.45) is 0 Å². The highest BCUT2D eigenvalue weighted by Crippen LogP contribution is 2.40. The second-order valence-electron chi connectivity index (χ2n) is 11.4. The van der Waals surface area contributed by atoms with Crippen LogP contribution in [-0.4, -0.2) is 51.6 Å². The van der Waals surface area contributed by atoms with Gasteiger partial charge in [0.15, 0.2) is 0 Å². The maximum atomic E-state index is 14.3. The average Bonchev–Trinajstić information content (AvgIpc) is 2.87. The van der Waals surface area contributed by atoms with E-state index in [-0.39, 0.29) is 41.9 Å². The summed E-state index contributed by atoms with van der Waals surface area (Å²) >= 11 is 12.6. The first-order valence-electron chi connectivity index (χ1n) is 13.8. The number of aryl methyl sites for hydroxylation is 1. The van der Waals surface area contributed by atoms with Gasteiger partial charge in [-0.2, -0.15) is 13.2 Å². The van der Waals surface area contributed by atoms with Crippen LogP contribution in [0.5, 0.6) is 0 Å². The minimum Gasteiger partial charge on any atom is -0.444 e. The molecule has 0 bridgehead atoms. The van der Waals surface area contributed by atoms with Crippen molar-refractivity contribution in [2.75, 3.05) is 24.6 Å². The molecule has 2 aromatic rings. The highest BCUT2D eigenvalue weighted by molar-refractivity contribution is 7.85. The van der Waals surface area contributed by atoms with E-state index in [1.807, 2.05) is 0 Å². The molecule has 14 heteroatoms. The van der Waals surface area contributed by atoms with Crippen molar-refractivity contribution in [1.82, 2.24) is 15.5 Å². The number of alkyl carbamates (subject to hydrolysis) is 1. The van der Waals surface area contributed by atoms with Gasteiger partial charge in [-0.15, -0.1) is 0 Å². The Labute approximate surface area is 262 Å². The minimum atomic E-state index is -4.83. The quantitative estimate of drug-likeness (QED) is 0.280. The molecule has 238 valence electrons. The molecule has 2 amide bonds. The summed E-state index contributed by atoms with van der Waals surface area (Å²) in [5.74, 6) is -0.543. The smallest absolute Gasteiger partial charge is 0.416 e. The van der Waals surface area contributed by atoms with Gasteiger partial charge in [-0.3, -0.25) is 13.9 Å². The largest absolute Gasteiger partial charge is 0.444 e. The van der Waals surface area contributed by atoms with Crippen LogP contribution in [0.15, 0.2) is 23.1 Å². The van der Waals surface area contributed by atoms with E-state index in [2.05, 4.69) is 10.6 Å². The van der Waals surface area contributed by atoms with Gasteiger partial charge in [-0.05, 0) is 82.0 Å². The van der Waals surface area contributed by atoms with Crippen molar-refractivity contribution in [3.05, 3.63) is 56.1 Å². The molecule has 4 N–H and O–H groups in total. The summed E-state index contributed by atoms with van der Waals surface area (Å²) in [6.07, 6.45) is -4.17. The zero-order chi connectivity index (χ0) is 32.3. The van der Waals surface area contributed by atoms with Crippen molar-refractivity contribution in [1.29, 1.82) is 0 Å². The third kappa shape index (κ3) is 9.23. The van der Waals surface area contributed by atoms with Crippen molar-refractivity contribution in [3.63, 3.8) is 0 Å². The first-order chi connectivity index (χ1) is 19.9. The van der Waals surface area contributed by atoms with E-state index in [1.54, 1.807) is 51.7 Å². The molecule has 0 spiro atoms. The number of likely N-dealkylation sites (tertiary alicyclic amines) is 1. The SMILES string of the molecule is CCS(=O)c1c(C)cc(Cl)cc1CNC(=O)c1cc(C(F)(F)F)c(CN2CCCC(NC(=O)OC(C)(C)C)C2)c(Cl)c1N. The van der Waals surface area contributed by atoms with E-state index in [1.165, 1.54) is 0 Å². The van der Waals surface area contributed by atoms with Crippen LogP contribution >= 0.6 is 23.2 Å². The fourth-order valence-electron chi connectivity index (χ4n) is 4.99. The molecule has 1 fully saturated rings. The van der Waals surface area contributed by atoms with Gasteiger partial charge in [0.2, 0.25) is 0 Å². The second-order valence-corrected chi connectivity index (χ2v) is 13.9. The number of anilines is 1. The molecule has 2 aromatic carbocycles. The molecule has 2 unspecified atom stereocenters. The fourth-order valence-corrected chi connectivity index (χ4v) is 6.68. The number of alkyl halides is 3. The Morgan fingerprint density at radius 3 is 2.47 bits per heavy atom. The van der Waals surface area contributed by atoms with E-state index in [0.29, 0.717) is 52.3 Å². The molecule has 1 heterocycles. The number of halogens is 5. The minimum absolute atomic E-state index is 0.138. The lowest BCUT2D eigenvalue weighted by atomic mass is 9.98. The molecule has 0 saturated carbocycles. The number of ether oxygens (including phenoxy) is 1. The number of carbonyl (C=O) groups excluding carboxylic acids is 2. The lowest BCUT2D eigenvalue weighted by molar-refractivity contribution is -0.138. The van der Waals surface area contributed by atoms with Gasteiger partial charge >= 0.3 is 12.3 Å². The van der Waals surface area contributed by atoms with Gasteiger partial charge in [0.1, 0.15) is 5.60 Å². The number of nitrogen functional groups attached to an aromatic ring is 1. The zero-order valence-electron chi connectivity index (χ0n) is 24.7. The lowest BCUT2D eigenvalue weighted by Crippen LogP contribution is -2.48. The normalized spacial score (nSPS) is 16.9. The van der Waals surface area contributed by atoms with Crippen LogP contribution in [0.1, 0.15) is 73.1 Å². The third-order valence-corrected chi connectivity index (χ3v) is 9.02. The molecule has 8 nitrogen and oxygen atoms in total. The molecule has 0 radical (unpaired) electrons. The highest BCUT2D eigenvalue weighted by atomic mass is 35.5. The summed E-state index contributed by atoms with van der Waals surface area (Å²) in [7, 11) is -1.36. The van der Waals surface area contributed by atoms with Gasteiger partial charge in [-0.1, -0.05) is 30.1 Å². The lowest BCUT2D eigenvalue weighted by Gasteiger charge is -2.34. The number of nitrogens with zero attached hydrogens (tertiary/aromatic N) is 1. The van der Waals surface area contributed by atoms with E-state index >= 15 is 0 Å². The number of carbonyl (C=O) groups is 2. The summed E-state index contributed by atoms with van der Waals surface area (Å²) in [5, 5.41) is 5.35. The van der Waals surface area contributed by atoms with Gasteiger partial charge < -0.3 is 21.1 Å². The number of hydrogen-bond acceptors (Lipinski definition) is 6. The number of nitrogens with one attached hydrogen (secondary N) is 2. The zero-order valence-corrected chi connectivity index (χ0v) is 27.0. The summed E-state index contributed by atoms with van der Waals surface area (Å²) < 4.78 is 60.9. The van der Waals surface area contributed by atoms with Crippen LogP contribution in [0.4, 0.5) is 23.7 Å². The average molecular weight is 666 g/mol. The van der Waals surface area contributed by atoms with Gasteiger partial charge in [0.25, 0.3) is 5.91 Å². The molecule has 43 heavy (non-hydrogen) atoms. The number of hydrogen-bond donors (Lipinski definition) is 3. The van der Waals surface area contributed by atoms with E-state index in [4.69, 9.17) is 33.7 Å². The Balaban J connectivity index is 1.85. The van der Waals surface area contributed by atoms with Gasteiger partial charge in [0.05, 0.1) is 32.6 Å². The van der Waals surface area contributed by atoms with Crippen LogP contribution in [-0.2, 0) is 34.8 Å². The first kappa shape index (κ1) is 34.9. The maximum absolute atomic E-state index is 14.3. The summed E-state index contributed by atoms with van der Waals surface area (Å²) in [6.45, 7) is 9.11. The van der Waals surface area contributed by atoms with Crippen molar-refractivity contribution >= 4 is 51.7 Å². The molecule has 0 aliphatic carbocycles. The molecular formula is C29H37Cl2F3N4O4S. The van der Waals surface area contributed by atoms with E-state index in [0.717, 1.165) is 0 Å². The fraction of sp³-hybridized carbons (Fsp3) is 0.517. The molecule has 3 rings (SSSR count). The van der Waals surface area contributed by atoms with Gasteiger partial charge in [-0.25, -0.2) is 4.79 Å². The Morgan fingerprint density at radius 1 is 1.19 bits per heavy atom. The summed E-state index contributed by atoms with van der Waals surface area (Å²) in [5.41, 5.74) is 4.55. The van der Waals surface area contributed by atoms with E-state index in [9.17, 15) is 27.0 Å². The number of benzene rings is 2. The summed E-state index contributed by atoms with van der Waals surface area (Å²) in [4.78, 5) is 27.6. The van der Waals surface area contributed by atoms with Gasteiger partial charge in [0, 0.05) is 41.3 Å². The van der Waals surface area contributed by atoms with Crippen LogP contribution < -0.4 is 16.4 Å². The van der Waals surface area contributed by atoms with Crippen molar-refractivity contribution < 1.29 is 31.7 Å². The monoisotopic (exact) mass is 664 g/mol. The molecule has 0 aromatic heterocycles. The molecule has 2 atom stereocenters. The molecule has 1 aliphatic rings. The molecule has 1 saturated heterocycles. The highest BCUT2D eigenvalue weighted by Gasteiger charge is 2.37. The van der Waals surface area contributed by atoms with Crippen LogP contribution in [0.25, 0.3) is 0 Å². The topological polar surface area (TPSA) is 114 Å². The number of nitrogens with two attached hydrogens (primary N) is 1. The Bertz CT molecular complexity index is 1400. The number of rotatable bonds is 8. The van der Waals surface area contributed by atoms with Crippen LogP contribution in [0.2, 0.25) is 10.0 Å². The maximum Gasteiger partial charge on any atom is 0.416 e. The third-order valence-electron chi connectivity index (χ3n) is 6.81. The Morgan fingerprint density at radius 2 is 1.86 bits per heavy atom. The van der Waals surface area contributed by atoms with Crippen LogP contribution in [0, 0.1) is 6.92 Å². The molecule has 1 aliphatic heterocycles. The number of piperidine rings is 1. The molecular weight excluding hydrogens is 628 g/mol. The second kappa shape index (κ2) is 14.0. The summed E-state index contributed by atoms with van der Waals surface area (Å²) in [6, 6.07) is 3.59. The standard InChI is InChI=1S/C29H37Cl2F3N4O4S/c1-6-43(41)25-16(2)10-18(30)11-17(25)13-36-26(39)20-12-22(29(32,33)34)21(23(31)24(20)35)15-38-9-7-8-19(14-38)37-27(40)42-28(3,4)5/h10-12,19H,6-9,13-15,35H2,1-5H3,(H,36,39)(H,37,40).